The van der Waals surface area contributed by atoms with Gasteiger partial charge in [0.1, 0.15) is 0 Å². The predicted molar refractivity (Wildman–Crippen MR) is 89.0 cm³/mol. The van der Waals surface area contributed by atoms with E-state index in [-0.39, 0.29) is 5.97 Å². The lowest BCUT2D eigenvalue weighted by atomic mass is 9.97. The zero-order valence-corrected chi connectivity index (χ0v) is 13.4. The van der Waals surface area contributed by atoms with Crippen LogP contribution in [0.3, 0.4) is 0 Å². The van der Waals surface area contributed by atoms with Crippen LogP contribution in [0.1, 0.15) is 46.9 Å². The van der Waals surface area contributed by atoms with E-state index >= 15 is 0 Å². The van der Waals surface area contributed by atoms with Gasteiger partial charge in [-0.1, -0.05) is 24.6 Å². The standard InChI is InChI=1S/C19H22N2O2/c1-23-19(22)16-8-6-7-15(13-16)14-21-12-5-3-10-18(21)17-9-2-4-11-20-17/h2,4,6-9,11,13,18H,3,5,10,12,14H2,1H3/t18-/m1/s1. The molecule has 1 aliphatic rings. The van der Waals surface area contributed by atoms with Gasteiger partial charge in [-0.2, -0.15) is 0 Å². The van der Waals surface area contributed by atoms with Crippen LogP contribution in [0.5, 0.6) is 0 Å². The Kier molecular flexibility index (Phi) is 5.03. The minimum absolute atomic E-state index is 0.285. The summed E-state index contributed by atoms with van der Waals surface area (Å²) >= 11 is 0. The molecule has 1 atom stereocenters. The largest absolute Gasteiger partial charge is 0.465 e. The first-order valence-corrected chi connectivity index (χ1v) is 8.10. The zero-order valence-electron chi connectivity index (χ0n) is 13.4. The monoisotopic (exact) mass is 310 g/mol. The Hall–Kier alpha value is -2.20. The van der Waals surface area contributed by atoms with Gasteiger partial charge in [0, 0.05) is 12.7 Å². The molecule has 2 heterocycles. The van der Waals surface area contributed by atoms with Gasteiger partial charge >= 0.3 is 5.97 Å². The van der Waals surface area contributed by atoms with E-state index in [2.05, 4.69) is 22.0 Å². The third-order valence-corrected chi connectivity index (χ3v) is 4.38. The van der Waals surface area contributed by atoms with E-state index in [1.807, 2.05) is 30.5 Å². The van der Waals surface area contributed by atoms with Gasteiger partial charge in [-0.3, -0.25) is 9.88 Å². The number of carbonyl (C=O) groups is 1. The molecule has 120 valence electrons. The molecular weight excluding hydrogens is 288 g/mol. The number of carbonyl (C=O) groups excluding carboxylic acids is 1. The Balaban J connectivity index is 1.78. The van der Waals surface area contributed by atoms with Crippen molar-refractivity contribution in [1.82, 2.24) is 9.88 Å². The molecule has 0 saturated carbocycles. The summed E-state index contributed by atoms with van der Waals surface area (Å²) in [6.07, 6.45) is 5.44. The summed E-state index contributed by atoms with van der Waals surface area (Å²) in [6.45, 7) is 1.88. The highest BCUT2D eigenvalue weighted by Gasteiger charge is 2.24. The average molecular weight is 310 g/mol. The fourth-order valence-corrected chi connectivity index (χ4v) is 3.24. The Morgan fingerprint density at radius 1 is 1.26 bits per heavy atom. The molecule has 0 aliphatic carbocycles. The molecule has 0 amide bonds. The van der Waals surface area contributed by atoms with Crippen LogP contribution < -0.4 is 0 Å². The zero-order chi connectivity index (χ0) is 16.1. The van der Waals surface area contributed by atoms with Gasteiger partial charge in [0.25, 0.3) is 0 Å². The van der Waals surface area contributed by atoms with E-state index in [4.69, 9.17) is 4.74 Å². The van der Waals surface area contributed by atoms with E-state index in [9.17, 15) is 4.79 Å². The van der Waals surface area contributed by atoms with E-state index in [0.29, 0.717) is 11.6 Å². The third-order valence-electron chi connectivity index (χ3n) is 4.38. The van der Waals surface area contributed by atoms with Crippen molar-refractivity contribution in [3.8, 4) is 0 Å². The summed E-state index contributed by atoms with van der Waals surface area (Å²) in [6, 6.07) is 14.2. The smallest absolute Gasteiger partial charge is 0.337 e. The van der Waals surface area contributed by atoms with Crippen LogP contribution in [0, 0.1) is 0 Å². The van der Waals surface area contributed by atoms with Crippen LogP contribution in [0.25, 0.3) is 0 Å². The van der Waals surface area contributed by atoms with Crippen molar-refractivity contribution in [2.75, 3.05) is 13.7 Å². The second kappa shape index (κ2) is 7.38. The lowest BCUT2D eigenvalue weighted by Gasteiger charge is -2.35. The molecule has 0 bridgehead atoms. The van der Waals surface area contributed by atoms with E-state index < -0.39 is 0 Å². The molecule has 0 unspecified atom stereocenters. The fraction of sp³-hybridized carbons (Fsp3) is 0.368. The average Bonchev–Trinajstić information content (AvgIpc) is 2.62. The fourth-order valence-electron chi connectivity index (χ4n) is 3.24. The molecule has 4 heteroatoms. The van der Waals surface area contributed by atoms with Crippen molar-refractivity contribution in [2.45, 2.75) is 31.8 Å². The summed E-state index contributed by atoms with van der Waals surface area (Å²) in [5.74, 6) is -0.285. The van der Waals surface area contributed by atoms with Crippen molar-refractivity contribution in [3.63, 3.8) is 0 Å². The van der Waals surface area contributed by atoms with Gasteiger partial charge in [-0.25, -0.2) is 4.79 Å². The van der Waals surface area contributed by atoms with Crippen molar-refractivity contribution >= 4 is 5.97 Å². The molecule has 0 spiro atoms. The SMILES string of the molecule is COC(=O)c1cccc(CN2CCCC[C@@H]2c2ccccn2)c1. The van der Waals surface area contributed by atoms with Crippen molar-refractivity contribution < 1.29 is 9.53 Å². The highest BCUT2D eigenvalue weighted by Crippen LogP contribution is 2.31. The number of piperidine rings is 1. The Morgan fingerprint density at radius 3 is 2.96 bits per heavy atom. The third kappa shape index (κ3) is 3.77. The molecule has 2 aromatic rings. The van der Waals surface area contributed by atoms with Gasteiger partial charge in [-0.15, -0.1) is 0 Å². The number of rotatable bonds is 4. The molecule has 0 radical (unpaired) electrons. The number of ether oxygens (including phenoxy) is 1. The number of pyridine rings is 1. The molecular formula is C19H22N2O2. The van der Waals surface area contributed by atoms with E-state index in [0.717, 1.165) is 30.8 Å². The van der Waals surface area contributed by atoms with Crippen LogP contribution in [-0.2, 0) is 11.3 Å². The molecule has 3 rings (SSSR count). The highest BCUT2D eigenvalue weighted by molar-refractivity contribution is 5.89. The van der Waals surface area contributed by atoms with Gasteiger partial charge in [0.2, 0.25) is 0 Å². The maximum absolute atomic E-state index is 11.7. The lowest BCUT2D eigenvalue weighted by Crippen LogP contribution is -2.33. The molecule has 23 heavy (non-hydrogen) atoms. The first kappa shape index (κ1) is 15.7. The molecule has 1 aliphatic heterocycles. The summed E-state index contributed by atoms with van der Waals surface area (Å²) < 4.78 is 4.81. The Labute approximate surface area is 137 Å². The van der Waals surface area contributed by atoms with Gasteiger partial charge in [0.15, 0.2) is 0 Å². The van der Waals surface area contributed by atoms with Gasteiger partial charge in [-0.05, 0) is 49.2 Å². The molecule has 4 nitrogen and oxygen atoms in total. The van der Waals surface area contributed by atoms with Crippen molar-refractivity contribution in [2.24, 2.45) is 0 Å². The topological polar surface area (TPSA) is 42.4 Å². The summed E-state index contributed by atoms with van der Waals surface area (Å²) in [5, 5.41) is 0. The van der Waals surface area contributed by atoms with Gasteiger partial charge in [0.05, 0.1) is 24.4 Å². The van der Waals surface area contributed by atoms with E-state index in [1.54, 1.807) is 6.07 Å². The quantitative estimate of drug-likeness (QED) is 0.809. The molecule has 1 fully saturated rings. The van der Waals surface area contributed by atoms with Crippen LogP contribution in [0.2, 0.25) is 0 Å². The number of hydrogen-bond acceptors (Lipinski definition) is 4. The number of hydrogen-bond donors (Lipinski definition) is 0. The van der Waals surface area contributed by atoms with Crippen LogP contribution >= 0.6 is 0 Å². The molecule has 1 aromatic heterocycles. The number of benzene rings is 1. The number of esters is 1. The lowest BCUT2D eigenvalue weighted by molar-refractivity contribution is 0.0600. The summed E-state index contributed by atoms with van der Waals surface area (Å²) in [4.78, 5) is 18.7. The normalized spacial score (nSPS) is 18.6. The predicted octanol–water partition coefficient (Wildman–Crippen LogP) is 3.60. The van der Waals surface area contributed by atoms with Crippen LogP contribution in [0.4, 0.5) is 0 Å². The number of nitrogens with zero attached hydrogens (tertiary/aromatic N) is 2. The summed E-state index contributed by atoms with van der Waals surface area (Å²) in [5.41, 5.74) is 2.88. The minimum Gasteiger partial charge on any atom is -0.465 e. The second-order valence-electron chi connectivity index (χ2n) is 5.93. The molecule has 1 aromatic carbocycles. The van der Waals surface area contributed by atoms with Gasteiger partial charge < -0.3 is 4.74 Å². The first-order chi connectivity index (χ1) is 11.3. The van der Waals surface area contributed by atoms with E-state index in [1.165, 1.54) is 20.0 Å². The number of likely N-dealkylation sites (tertiary alicyclic amines) is 1. The highest BCUT2D eigenvalue weighted by atomic mass is 16.5. The Bertz CT molecular complexity index is 657. The van der Waals surface area contributed by atoms with Crippen LogP contribution in [0.15, 0.2) is 48.7 Å². The van der Waals surface area contributed by atoms with Crippen LogP contribution in [-0.4, -0.2) is 29.5 Å². The summed E-state index contributed by atoms with van der Waals surface area (Å²) in [7, 11) is 1.41. The molecule has 0 N–H and O–H groups in total. The first-order valence-electron chi connectivity index (χ1n) is 8.10. The minimum atomic E-state index is -0.285. The number of methoxy groups -OCH3 is 1. The maximum Gasteiger partial charge on any atom is 0.337 e. The maximum atomic E-state index is 11.7. The number of aromatic nitrogens is 1. The molecule has 1 saturated heterocycles. The van der Waals surface area contributed by atoms with Crippen molar-refractivity contribution in [3.05, 3.63) is 65.5 Å². The Morgan fingerprint density at radius 2 is 2.17 bits per heavy atom. The second-order valence-corrected chi connectivity index (χ2v) is 5.93. The van der Waals surface area contributed by atoms with Crippen molar-refractivity contribution in [1.29, 1.82) is 0 Å².